The molecule has 1 saturated carbocycles. The first-order valence-electron chi connectivity index (χ1n) is 10.9. The zero-order chi connectivity index (χ0) is 22.3. The van der Waals surface area contributed by atoms with Gasteiger partial charge in [-0.25, -0.2) is 8.42 Å². The number of hydrogen-bond acceptors (Lipinski definition) is 4. The number of sulfonamides is 1. The van der Waals surface area contributed by atoms with Gasteiger partial charge in [0.1, 0.15) is 0 Å². The zero-order valence-electron chi connectivity index (χ0n) is 18.3. The Hall–Kier alpha value is -1.99. The number of benzene rings is 2. The van der Waals surface area contributed by atoms with Crippen LogP contribution in [0.1, 0.15) is 53.6 Å². The fraction of sp³-hybridized carbons (Fsp3) is 0.458. The normalized spacial score (nSPS) is 14.9. The number of anilines is 1. The van der Waals surface area contributed by atoms with E-state index in [2.05, 4.69) is 5.32 Å². The Kier molecular flexibility index (Phi) is 8.43. The van der Waals surface area contributed by atoms with E-state index < -0.39 is 10.0 Å². The third-order valence-electron chi connectivity index (χ3n) is 5.56. The summed E-state index contributed by atoms with van der Waals surface area (Å²) in [7, 11) is -3.46. The maximum Gasteiger partial charge on any atom is 0.251 e. The van der Waals surface area contributed by atoms with Crippen LogP contribution in [0.3, 0.4) is 0 Å². The Labute approximate surface area is 190 Å². The number of rotatable bonds is 9. The Morgan fingerprint density at radius 2 is 1.68 bits per heavy atom. The molecule has 2 aromatic carbocycles. The molecule has 0 aromatic heterocycles. The van der Waals surface area contributed by atoms with Crippen LogP contribution in [0.5, 0.6) is 0 Å². The highest BCUT2D eigenvalue weighted by atomic mass is 32.2. The Balaban J connectivity index is 1.57. The molecule has 0 saturated heterocycles. The molecular formula is C24H32N2O3S2. The summed E-state index contributed by atoms with van der Waals surface area (Å²) in [5.74, 6) is 0.799. The molecule has 5 nitrogen and oxygen atoms in total. The summed E-state index contributed by atoms with van der Waals surface area (Å²) in [6.45, 7) is 2.89. The second-order valence-corrected chi connectivity index (χ2v) is 11.5. The minimum atomic E-state index is -3.46. The number of hydrogen-bond donors (Lipinski definition) is 1. The predicted octanol–water partition coefficient (Wildman–Crippen LogP) is 4.76. The minimum Gasteiger partial charge on any atom is -0.351 e. The molecule has 1 aliphatic rings. The minimum absolute atomic E-state index is 0.125. The molecule has 0 radical (unpaired) electrons. The number of thioether (sulfide) groups is 1. The Morgan fingerprint density at radius 3 is 2.29 bits per heavy atom. The third-order valence-corrected chi connectivity index (χ3v) is 8.08. The van der Waals surface area contributed by atoms with Gasteiger partial charge in [-0.2, -0.15) is 11.8 Å². The van der Waals surface area contributed by atoms with Crippen LogP contribution < -0.4 is 9.62 Å². The number of nitrogens with one attached hydrogen (secondary N) is 1. The Morgan fingerprint density at radius 1 is 1.03 bits per heavy atom. The lowest BCUT2D eigenvalue weighted by Gasteiger charge is -2.23. The average Bonchev–Trinajstić information content (AvgIpc) is 2.76. The molecule has 3 rings (SSSR count). The van der Waals surface area contributed by atoms with Crippen molar-refractivity contribution in [1.29, 1.82) is 0 Å². The predicted molar refractivity (Wildman–Crippen MR) is 130 cm³/mol. The van der Waals surface area contributed by atoms with Gasteiger partial charge in [-0.3, -0.25) is 9.10 Å². The summed E-state index contributed by atoms with van der Waals surface area (Å²) in [4.78, 5) is 12.4. The summed E-state index contributed by atoms with van der Waals surface area (Å²) in [6.07, 6.45) is 7.78. The molecule has 1 aliphatic carbocycles. The second-order valence-electron chi connectivity index (χ2n) is 8.19. The van der Waals surface area contributed by atoms with E-state index in [0.717, 1.165) is 22.1 Å². The van der Waals surface area contributed by atoms with E-state index in [9.17, 15) is 13.2 Å². The molecule has 2 aromatic rings. The summed E-state index contributed by atoms with van der Waals surface area (Å²) >= 11 is 1.96. The van der Waals surface area contributed by atoms with Crippen molar-refractivity contribution < 1.29 is 13.2 Å². The summed E-state index contributed by atoms with van der Waals surface area (Å²) in [5.41, 5.74) is 3.12. The van der Waals surface area contributed by atoms with Crippen LogP contribution >= 0.6 is 11.8 Å². The quantitative estimate of drug-likeness (QED) is 0.548. The van der Waals surface area contributed by atoms with Gasteiger partial charge in [0.05, 0.1) is 18.5 Å². The van der Waals surface area contributed by atoms with Gasteiger partial charge in [0.25, 0.3) is 5.91 Å². The van der Waals surface area contributed by atoms with Crippen LogP contribution in [0.25, 0.3) is 0 Å². The van der Waals surface area contributed by atoms with Crippen LogP contribution in [0.15, 0.2) is 48.5 Å². The smallest absolute Gasteiger partial charge is 0.251 e. The van der Waals surface area contributed by atoms with Crippen LogP contribution in [0.2, 0.25) is 0 Å². The first kappa shape index (κ1) is 23.7. The molecule has 0 unspecified atom stereocenters. The van der Waals surface area contributed by atoms with Crippen molar-refractivity contribution in [2.45, 2.75) is 50.8 Å². The van der Waals surface area contributed by atoms with Crippen LogP contribution in [0.4, 0.5) is 5.69 Å². The maximum atomic E-state index is 12.4. The van der Waals surface area contributed by atoms with Crippen molar-refractivity contribution in [3.05, 3.63) is 65.2 Å². The summed E-state index contributed by atoms with van der Waals surface area (Å²) in [5, 5.41) is 3.71. The second kappa shape index (κ2) is 11.0. The molecule has 31 heavy (non-hydrogen) atoms. The lowest BCUT2D eigenvalue weighted by molar-refractivity contribution is 0.0956. The lowest BCUT2D eigenvalue weighted by atomic mass is 10.0. The van der Waals surface area contributed by atoms with Gasteiger partial charge in [0, 0.05) is 23.1 Å². The monoisotopic (exact) mass is 460 g/mol. The number of carbonyl (C=O) groups excluding carboxylic acids is 1. The fourth-order valence-corrected chi connectivity index (χ4v) is 5.87. The van der Waals surface area contributed by atoms with Gasteiger partial charge in [0.2, 0.25) is 10.0 Å². The summed E-state index contributed by atoms with van der Waals surface area (Å²) < 4.78 is 26.1. The number of nitrogens with zero attached hydrogens (tertiary/aromatic N) is 1. The van der Waals surface area contributed by atoms with Crippen LogP contribution in [-0.4, -0.2) is 38.1 Å². The van der Waals surface area contributed by atoms with Gasteiger partial charge in [-0.1, -0.05) is 49.1 Å². The first-order chi connectivity index (χ1) is 14.8. The molecule has 0 atom stereocenters. The molecule has 1 N–H and O–H groups in total. The molecule has 7 heteroatoms. The largest absolute Gasteiger partial charge is 0.351 e. The van der Waals surface area contributed by atoms with E-state index in [1.54, 1.807) is 24.3 Å². The Bertz CT molecular complexity index is 951. The highest BCUT2D eigenvalue weighted by Gasteiger charge is 2.19. The average molecular weight is 461 g/mol. The topological polar surface area (TPSA) is 66.5 Å². The highest BCUT2D eigenvalue weighted by molar-refractivity contribution is 7.99. The van der Waals surface area contributed by atoms with E-state index in [1.165, 1.54) is 42.7 Å². The van der Waals surface area contributed by atoms with Crippen LogP contribution in [0, 0.1) is 6.92 Å². The zero-order valence-corrected chi connectivity index (χ0v) is 20.0. The van der Waals surface area contributed by atoms with Gasteiger partial charge in [0.15, 0.2) is 0 Å². The third kappa shape index (κ3) is 7.28. The van der Waals surface area contributed by atoms with Crippen molar-refractivity contribution in [3.63, 3.8) is 0 Å². The van der Waals surface area contributed by atoms with Crippen molar-refractivity contribution >= 4 is 33.4 Å². The molecule has 0 bridgehead atoms. The highest BCUT2D eigenvalue weighted by Crippen LogP contribution is 2.27. The maximum absolute atomic E-state index is 12.4. The first-order valence-corrected chi connectivity index (χ1v) is 13.8. The van der Waals surface area contributed by atoms with Crippen molar-refractivity contribution in [2.75, 3.05) is 22.9 Å². The van der Waals surface area contributed by atoms with E-state index >= 15 is 0 Å². The van der Waals surface area contributed by atoms with Crippen LogP contribution in [-0.2, 0) is 16.6 Å². The molecule has 1 fully saturated rings. The van der Waals surface area contributed by atoms with E-state index in [4.69, 9.17) is 0 Å². The van der Waals surface area contributed by atoms with Gasteiger partial charge in [-0.15, -0.1) is 0 Å². The van der Waals surface area contributed by atoms with Crippen molar-refractivity contribution in [3.8, 4) is 0 Å². The van der Waals surface area contributed by atoms with E-state index in [0.29, 0.717) is 17.8 Å². The molecule has 0 heterocycles. The SMILES string of the molecule is Cc1ccc(CN(c2ccc(C(=O)NCCSC3CCCCC3)cc2)S(C)(=O)=O)cc1. The molecule has 0 spiro atoms. The van der Waals surface area contributed by atoms with Gasteiger partial charge >= 0.3 is 0 Å². The molecular weight excluding hydrogens is 428 g/mol. The van der Waals surface area contributed by atoms with Gasteiger partial charge in [-0.05, 0) is 49.6 Å². The van der Waals surface area contributed by atoms with Crippen molar-refractivity contribution in [1.82, 2.24) is 5.32 Å². The number of carbonyl (C=O) groups is 1. The molecule has 168 valence electrons. The standard InChI is InChI=1S/C24H32N2O3S2/c1-19-8-10-20(11-9-19)18-26(31(2,28)29)22-14-12-21(13-15-22)24(27)25-16-17-30-23-6-4-3-5-7-23/h8-15,23H,3-7,16-18H2,1-2H3,(H,25,27). The lowest BCUT2D eigenvalue weighted by Crippen LogP contribution is -2.29. The molecule has 0 aliphatic heterocycles. The number of aryl methyl sites for hydroxylation is 1. The number of amides is 1. The fourth-order valence-electron chi connectivity index (χ4n) is 3.76. The van der Waals surface area contributed by atoms with E-state index in [1.807, 2.05) is 43.0 Å². The summed E-state index contributed by atoms with van der Waals surface area (Å²) in [6, 6.07) is 14.6. The van der Waals surface area contributed by atoms with Gasteiger partial charge < -0.3 is 5.32 Å². The van der Waals surface area contributed by atoms with E-state index in [-0.39, 0.29) is 12.5 Å². The molecule has 1 amide bonds. The van der Waals surface area contributed by atoms with Crippen molar-refractivity contribution in [2.24, 2.45) is 0 Å².